The molecule has 0 saturated carbocycles. The van der Waals surface area contributed by atoms with Crippen LogP contribution in [0.5, 0.6) is 5.75 Å². The first-order chi connectivity index (χ1) is 11.1. The van der Waals surface area contributed by atoms with E-state index >= 15 is 0 Å². The zero-order valence-electron chi connectivity index (χ0n) is 12.3. The number of nitrogens with one attached hydrogen (secondary N) is 1. The van der Waals surface area contributed by atoms with Crippen LogP contribution in [0.4, 0.5) is 0 Å². The van der Waals surface area contributed by atoms with Gasteiger partial charge in [-0.1, -0.05) is 18.2 Å². The summed E-state index contributed by atoms with van der Waals surface area (Å²) in [5.41, 5.74) is 6.79. The van der Waals surface area contributed by atoms with Gasteiger partial charge in [-0.2, -0.15) is 5.26 Å². The number of carbonyl (C=O) groups is 2. The van der Waals surface area contributed by atoms with Crippen LogP contribution >= 0.6 is 0 Å². The molecule has 0 saturated heterocycles. The SMILES string of the molecule is N#Cc1cccc(CNC(=O)c2cccc(OCC(N)=O)c2)c1. The number of nitrogens with zero attached hydrogens (tertiary/aromatic N) is 1. The minimum atomic E-state index is -0.586. The van der Waals surface area contributed by atoms with Crippen LogP contribution in [0.3, 0.4) is 0 Å². The number of benzene rings is 2. The Morgan fingerprint density at radius 3 is 2.70 bits per heavy atom. The molecule has 0 bridgehead atoms. The highest BCUT2D eigenvalue weighted by Gasteiger charge is 2.07. The first kappa shape index (κ1) is 16.0. The number of rotatable bonds is 6. The third kappa shape index (κ3) is 4.86. The second kappa shape index (κ2) is 7.61. The molecule has 6 heteroatoms. The van der Waals surface area contributed by atoms with Crippen LogP contribution in [0.2, 0.25) is 0 Å². The maximum Gasteiger partial charge on any atom is 0.255 e. The number of amides is 2. The lowest BCUT2D eigenvalue weighted by molar-refractivity contribution is -0.119. The van der Waals surface area contributed by atoms with Crippen LogP contribution < -0.4 is 15.8 Å². The molecule has 2 amide bonds. The van der Waals surface area contributed by atoms with Gasteiger partial charge in [-0.15, -0.1) is 0 Å². The summed E-state index contributed by atoms with van der Waals surface area (Å²) in [6.45, 7) is 0.0623. The fourth-order valence-electron chi connectivity index (χ4n) is 1.92. The predicted molar refractivity (Wildman–Crippen MR) is 83.5 cm³/mol. The Hall–Kier alpha value is -3.33. The number of hydrogen-bond donors (Lipinski definition) is 2. The summed E-state index contributed by atoms with van der Waals surface area (Å²) in [4.78, 5) is 22.8. The van der Waals surface area contributed by atoms with E-state index in [9.17, 15) is 9.59 Å². The van der Waals surface area contributed by atoms with E-state index in [2.05, 4.69) is 11.4 Å². The second-order valence-corrected chi connectivity index (χ2v) is 4.78. The van der Waals surface area contributed by atoms with Crippen molar-refractivity contribution in [2.45, 2.75) is 6.54 Å². The summed E-state index contributed by atoms with van der Waals surface area (Å²) in [6, 6.07) is 15.5. The van der Waals surface area contributed by atoms with Gasteiger partial charge in [0.1, 0.15) is 5.75 Å². The largest absolute Gasteiger partial charge is 0.484 e. The van der Waals surface area contributed by atoms with E-state index in [1.54, 1.807) is 36.4 Å². The normalized spacial score (nSPS) is 9.70. The molecule has 116 valence electrons. The van der Waals surface area contributed by atoms with E-state index in [0.717, 1.165) is 5.56 Å². The van der Waals surface area contributed by atoms with Crippen molar-refractivity contribution in [1.29, 1.82) is 5.26 Å². The van der Waals surface area contributed by atoms with E-state index in [4.69, 9.17) is 15.7 Å². The van der Waals surface area contributed by atoms with E-state index < -0.39 is 5.91 Å². The van der Waals surface area contributed by atoms with Crippen molar-refractivity contribution in [3.63, 3.8) is 0 Å². The summed E-state index contributed by atoms with van der Waals surface area (Å²) in [5, 5.41) is 11.6. The molecular weight excluding hydrogens is 294 g/mol. The van der Waals surface area contributed by atoms with Gasteiger partial charge in [0.2, 0.25) is 0 Å². The summed E-state index contributed by atoms with van der Waals surface area (Å²) < 4.78 is 5.16. The Kier molecular flexibility index (Phi) is 5.31. The highest BCUT2D eigenvalue weighted by atomic mass is 16.5. The zero-order valence-corrected chi connectivity index (χ0v) is 12.3. The molecule has 0 spiro atoms. The van der Waals surface area contributed by atoms with Crippen molar-refractivity contribution in [2.75, 3.05) is 6.61 Å². The third-order valence-corrected chi connectivity index (χ3v) is 2.99. The Balaban J connectivity index is 1.99. The average molecular weight is 309 g/mol. The van der Waals surface area contributed by atoms with Crippen LogP contribution in [0.25, 0.3) is 0 Å². The lowest BCUT2D eigenvalue weighted by Crippen LogP contribution is -2.23. The topological polar surface area (TPSA) is 105 Å². The molecule has 2 aromatic rings. The van der Waals surface area contributed by atoms with Crippen LogP contribution in [0.15, 0.2) is 48.5 Å². The first-order valence-corrected chi connectivity index (χ1v) is 6.87. The molecule has 0 aliphatic rings. The van der Waals surface area contributed by atoms with Crippen molar-refractivity contribution in [3.05, 3.63) is 65.2 Å². The van der Waals surface area contributed by atoms with Gasteiger partial charge in [0.05, 0.1) is 11.6 Å². The van der Waals surface area contributed by atoms with Crippen LogP contribution in [0.1, 0.15) is 21.5 Å². The molecule has 2 rings (SSSR count). The minimum absolute atomic E-state index is 0.244. The molecule has 0 fully saturated rings. The number of ether oxygens (including phenoxy) is 1. The monoisotopic (exact) mass is 309 g/mol. The van der Waals surface area contributed by atoms with Crippen LogP contribution in [-0.4, -0.2) is 18.4 Å². The maximum atomic E-state index is 12.1. The number of nitriles is 1. The van der Waals surface area contributed by atoms with Crippen molar-refractivity contribution >= 4 is 11.8 Å². The summed E-state index contributed by atoms with van der Waals surface area (Å²) >= 11 is 0. The van der Waals surface area contributed by atoms with Crippen molar-refractivity contribution in [1.82, 2.24) is 5.32 Å². The Bertz CT molecular complexity index is 766. The zero-order chi connectivity index (χ0) is 16.7. The Morgan fingerprint density at radius 1 is 1.17 bits per heavy atom. The molecule has 0 aliphatic carbocycles. The molecule has 6 nitrogen and oxygen atoms in total. The maximum absolute atomic E-state index is 12.1. The van der Waals surface area contributed by atoms with Gasteiger partial charge in [-0.05, 0) is 35.9 Å². The molecule has 0 aromatic heterocycles. The van der Waals surface area contributed by atoms with Gasteiger partial charge in [0, 0.05) is 12.1 Å². The van der Waals surface area contributed by atoms with Gasteiger partial charge in [-0.3, -0.25) is 9.59 Å². The summed E-state index contributed by atoms with van der Waals surface area (Å²) in [7, 11) is 0. The molecule has 23 heavy (non-hydrogen) atoms. The van der Waals surface area contributed by atoms with Gasteiger partial charge < -0.3 is 15.8 Å². The highest BCUT2D eigenvalue weighted by molar-refractivity contribution is 5.94. The summed E-state index contributed by atoms with van der Waals surface area (Å²) in [6.07, 6.45) is 0. The van der Waals surface area contributed by atoms with Crippen LogP contribution in [-0.2, 0) is 11.3 Å². The first-order valence-electron chi connectivity index (χ1n) is 6.87. The number of nitrogens with two attached hydrogens (primary N) is 1. The smallest absolute Gasteiger partial charge is 0.255 e. The molecule has 0 atom stereocenters. The van der Waals surface area contributed by atoms with Gasteiger partial charge in [-0.25, -0.2) is 0 Å². The number of carbonyl (C=O) groups excluding carboxylic acids is 2. The van der Waals surface area contributed by atoms with Gasteiger partial charge in [0.25, 0.3) is 11.8 Å². The van der Waals surface area contributed by atoms with Crippen molar-refractivity contribution in [2.24, 2.45) is 5.73 Å². The molecular formula is C17H15N3O3. The molecule has 3 N–H and O–H groups in total. The molecule has 0 aliphatic heterocycles. The van der Waals surface area contributed by atoms with E-state index in [1.807, 2.05) is 6.07 Å². The average Bonchev–Trinajstić information content (AvgIpc) is 2.58. The van der Waals surface area contributed by atoms with Gasteiger partial charge in [0.15, 0.2) is 6.61 Å². The predicted octanol–water partition coefficient (Wildman–Crippen LogP) is 1.35. The number of hydrogen-bond acceptors (Lipinski definition) is 4. The minimum Gasteiger partial charge on any atom is -0.484 e. The quantitative estimate of drug-likeness (QED) is 0.840. The van der Waals surface area contributed by atoms with E-state index in [-0.39, 0.29) is 12.5 Å². The second-order valence-electron chi connectivity index (χ2n) is 4.78. The lowest BCUT2D eigenvalue weighted by Gasteiger charge is -2.08. The van der Waals surface area contributed by atoms with Crippen LogP contribution in [0, 0.1) is 11.3 Å². The molecule has 0 unspecified atom stereocenters. The van der Waals surface area contributed by atoms with Crippen molar-refractivity contribution in [3.8, 4) is 11.8 Å². The van der Waals surface area contributed by atoms with Crippen molar-refractivity contribution < 1.29 is 14.3 Å². The molecule has 0 heterocycles. The molecule has 2 aromatic carbocycles. The Morgan fingerprint density at radius 2 is 1.96 bits per heavy atom. The third-order valence-electron chi connectivity index (χ3n) is 2.99. The molecule has 0 radical (unpaired) electrons. The van der Waals surface area contributed by atoms with E-state index in [1.165, 1.54) is 6.07 Å². The highest BCUT2D eigenvalue weighted by Crippen LogP contribution is 2.13. The lowest BCUT2D eigenvalue weighted by atomic mass is 10.1. The fraction of sp³-hybridized carbons (Fsp3) is 0.118. The fourth-order valence-corrected chi connectivity index (χ4v) is 1.92. The summed E-state index contributed by atoms with van der Waals surface area (Å²) in [5.74, 6) is -0.475. The Labute approximate surface area is 133 Å². The van der Waals surface area contributed by atoms with Gasteiger partial charge >= 0.3 is 0 Å². The standard InChI is InChI=1S/C17H15N3O3/c18-9-12-3-1-4-13(7-12)10-20-17(22)14-5-2-6-15(8-14)23-11-16(19)21/h1-8H,10-11H2,(H2,19,21)(H,20,22). The van der Waals surface area contributed by atoms with E-state index in [0.29, 0.717) is 23.4 Å². The number of primary amides is 1.